The largest absolute Gasteiger partial charge is 0.494 e. The molecule has 1 heterocycles. The summed E-state index contributed by atoms with van der Waals surface area (Å²) >= 11 is 0. The van der Waals surface area contributed by atoms with Crippen LogP contribution in [0.15, 0.2) is 77.2 Å². The average molecular weight is 520 g/mol. The zero-order valence-corrected chi connectivity index (χ0v) is 22.4. The molecule has 4 aromatic rings. The average Bonchev–Trinajstić information content (AvgIpc) is 3.26. The van der Waals surface area contributed by atoms with Gasteiger partial charge in [0.2, 0.25) is 10.0 Å². The monoisotopic (exact) mass is 519 g/mol. The number of anilines is 1. The third kappa shape index (κ3) is 6.23. The molecule has 4 rings (SSSR count). The first kappa shape index (κ1) is 26.5. The topological polar surface area (TPSA) is 76.8 Å². The molecule has 194 valence electrons. The number of benzene rings is 3. The van der Waals surface area contributed by atoms with Gasteiger partial charge in [-0.05, 0) is 60.9 Å². The standard InChI is InChI=1S/C30H33NO5S/c1-4-6-12-28-29(30(32)23-13-16-25(17-14-23)35-19-5-2)26-20-24(15-18-27(26)36-28)31(37(3,33)34)21-22-10-8-7-9-11-22/h7-11,13-18,20H,4-6,12,19,21H2,1-3H3. The van der Waals surface area contributed by atoms with Crippen molar-refractivity contribution >= 4 is 32.5 Å². The molecule has 0 saturated carbocycles. The Morgan fingerprint density at radius 2 is 1.68 bits per heavy atom. The third-order valence-electron chi connectivity index (χ3n) is 6.18. The van der Waals surface area contributed by atoms with Gasteiger partial charge >= 0.3 is 0 Å². The van der Waals surface area contributed by atoms with Crippen LogP contribution in [-0.4, -0.2) is 27.1 Å². The van der Waals surface area contributed by atoms with Crippen LogP contribution in [0.25, 0.3) is 11.0 Å². The van der Waals surface area contributed by atoms with Crippen molar-refractivity contribution in [2.75, 3.05) is 17.2 Å². The van der Waals surface area contributed by atoms with Crippen molar-refractivity contribution in [2.45, 2.75) is 46.1 Å². The number of sulfonamides is 1. The lowest BCUT2D eigenvalue weighted by Crippen LogP contribution is -2.29. The quantitative estimate of drug-likeness (QED) is 0.193. The zero-order valence-electron chi connectivity index (χ0n) is 21.6. The lowest BCUT2D eigenvalue weighted by molar-refractivity contribution is 0.103. The minimum Gasteiger partial charge on any atom is -0.494 e. The van der Waals surface area contributed by atoms with Crippen molar-refractivity contribution in [1.29, 1.82) is 0 Å². The van der Waals surface area contributed by atoms with E-state index in [1.165, 1.54) is 10.6 Å². The van der Waals surface area contributed by atoms with Crippen molar-refractivity contribution < 1.29 is 22.4 Å². The van der Waals surface area contributed by atoms with Gasteiger partial charge < -0.3 is 9.15 Å². The van der Waals surface area contributed by atoms with Gasteiger partial charge in [0.1, 0.15) is 17.1 Å². The predicted octanol–water partition coefficient (Wildman–Crippen LogP) is 6.76. The molecule has 0 atom stereocenters. The van der Waals surface area contributed by atoms with E-state index in [9.17, 15) is 13.2 Å². The van der Waals surface area contributed by atoms with E-state index in [1.807, 2.05) is 37.3 Å². The van der Waals surface area contributed by atoms with Crippen molar-refractivity contribution in [2.24, 2.45) is 0 Å². The summed E-state index contributed by atoms with van der Waals surface area (Å²) < 4.78 is 38.7. The van der Waals surface area contributed by atoms with Crippen LogP contribution in [-0.2, 0) is 23.0 Å². The third-order valence-corrected chi connectivity index (χ3v) is 7.32. The molecule has 0 fully saturated rings. The fourth-order valence-electron chi connectivity index (χ4n) is 4.27. The first-order valence-electron chi connectivity index (χ1n) is 12.7. The van der Waals surface area contributed by atoms with Gasteiger partial charge in [-0.1, -0.05) is 50.6 Å². The number of carbonyl (C=O) groups excluding carboxylic acids is 1. The minimum atomic E-state index is -3.59. The maximum Gasteiger partial charge on any atom is 0.232 e. The van der Waals surface area contributed by atoms with Gasteiger partial charge in [0.25, 0.3) is 0 Å². The predicted molar refractivity (Wildman–Crippen MR) is 148 cm³/mol. The van der Waals surface area contributed by atoms with Crippen molar-refractivity contribution in [3.8, 4) is 5.75 Å². The SMILES string of the molecule is CCCCc1oc2ccc(N(Cc3ccccc3)S(C)(=O)=O)cc2c1C(=O)c1ccc(OCCC)cc1. The fraction of sp³-hybridized carbons (Fsp3) is 0.300. The van der Waals surface area contributed by atoms with Crippen LogP contribution in [0, 0.1) is 0 Å². The highest BCUT2D eigenvalue weighted by molar-refractivity contribution is 7.92. The number of rotatable bonds is 12. The molecule has 6 nitrogen and oxygen atoms in total. The molecular weight excluding hydrogens is 486 g/mol. The van der Waals surface area contributed by atoms with Crippen LogP contribution in [0.3, 0.4) is 0 Å². The molecular formula is C30H33NO5S. The highest BCUT2D eigenvalue weighted by Crippen LogP contribution is 2.34. The number of aryl methyl sites for hydroxylation is 1. The number of furan rings is 1. The van der Waals surface area contributed by atoms with E-state index in [-0.39, 0.29) is 12.3 Å². The van der Waals surface area contributed by atoms with Crippen molar-refractivity contribution in [1.82, 2.24) is 0 Å². The molecule has 0 saturated heterocycles. The van der Waals surface area contributed by atoms with Gasteiger partial charge in [-0.25, -0.2) is 8.42 Å². The van der Waals surface area contributed by atoms with Crippen LogP contribution >= 0.6 is 0 Å². The molecule has 0 spiro atoms. The number of ketones is 1. The summed E-state index contributed by atoms with van der Waals surface area (Å²) in [5.74, 6) is 1.19. The molecule has 0 aliphatic carbocycles. The minimum absolute atomic E-state index is 0.155. The van der Waals surface area contributed by atoms with Crippen LogP contribution < -0.4 is 9.04 Å². The number of carbonyl (C=O) groups is 1. The summed E-state index contributed by atoms with van der Waals surface area (Å²) in [5, 5.41) is 0.613. The Hall–Kier alpha value is -3.58. The van der Waals surface area contributed by atoms with E-state index in [0.29, 0.717) is 52.3 Å². The van der Waals surface area contributed by atoms with Gasteiger partial charge in [0, 0.05) is 17.4 Å². The number of unbranched alkanes of at least 4 members (excludes halogenated alkanes) is 1. The van der Waals surface area contributed by atoms with Gasteiger partial charge in [0.15, 0.2) is 5.78 Å². The second-order valence-electron chi connectivity index (χ2n) is 9.14. The van der Waals surface area contributed by atoms with E-state index in [4.69, 9.17) is 9.15 Å². The first-order chi connectivity index (χ1) is 17.8. The Morgan fingerprint density at radius 1 is 0.946 bits per heavy atom. The fourth-order valence-corrected chi connectivity index (χ4v) is 5.15. The molecule has 1 aromatic heterocycles. The molecule has 0 amide bonds. The summed E-state index contributed by atoms with van der Waals surface area (Å²) in [5.41, 5.74) is 2.93. The Balaban J connectivity index is 1.78. The van der Waals surface area contributed by atoms with E-state index < -0.39 is 10.0 Å². The first-order valence-corrected chi connectivity index (χ1v) is 14.5. The van der Waals surface area contributed by atoms with Crippen molar-refractivity contribution in [3.63, 3.8) is 0 Å². The summed E-state index contributed by atoms with van der Waals surface area (Å²) in [6.45, 7) is 4.93. The lowest BCUT2D eigenvalue weighted by atomic mass is 9.98. The molecule has 0 unspecified atom stereocenters. The van der Waals surface area contributed by atoms with Crippen LogP contribution in [0.5, 0.6) is 5.75 Å². The van der Waals surface area contributed by atoms with Crippen LogP contribution in [0.4, 0.5) is 5.69 Å². The number of hydrogen-bond donors (Lipinski definition) is 0. The number of ether oxygens (including phenoxy) is 1. The Labute approximate surface area is 218 Å². The highest BCUT2D eigenvalue weighted by atomic mass is 32.2. The van der Waals surface area contributed by atoms with Crippen LogP contribution in [0.1, 0.15) is 60.4 Å². The second kappa shape index (κ2) is 11.6. The van der Waals surface area contributed by atoms with E-state index in [1.54, 1.807) is 42.5 Å². The van der Waals surface area contributed by atoms with Gasteiger partial charge in [-0.3, -0.25) is 9.10 Å². The van der Waals surface area contributed by atoms with E-state index >= 15 is 0 Å². The lowest BCUT2D eigenvalue weighted by Gasteiger charge is -2.22. The molecule has 3 aromatic carbocycles. The van der Waals surface area contributed by atoms with Crippen molar-refractivity contribution in [3.05, 3.63) is 95.2 Å². The Morgan fingerprint density at radius 3 is 2.32 bits per heavy atom. The Kier molecular flexibility index (Phi) is 8.34. The Bertz CT molecular complexity index is 1460. The molecule has 7 heteroatoms. The highest BCUT2D eigenvalue weighted by Gasteiger charge is 2.25. The van der Waals surface area contributed by atoms with Gasteiger partial charge in [-0.2, -0.15) is 0 Å². The number of nitrogens with zero attached hydrogens (tertiary/aromatic N) is 1. The summed E-state index contributed by atoms with van der Waals surface area (Å²) in [6.07, 6.45) is 4.55. The normalized spacial score (nSPS) is 11.5. The molecule has 0 aliphatic rings. The summed E-state index contributed by atoms with van der Waals surface area (Å²) in [6, 6.07) is 21.8. The molecule has 0 radical (unpaired) electrons. The molecule has 0 bridgehead atoms. The molecule has 37 heavy (non-hydrogen) atoms. The second-order valence-corrected chi connectivity index (χ2v) is 11.0. The van der Waals surface area contributed by atoms with Crippen LogP contribution in [0.2, 0.25) is 0 Å². The number of fused-ring (bicyclic) bond motifs is 1. The summed E-state index contributed by atoms with van der Waals surface area (Å²) in [7, 11) is -3.59. The van der Waals surface area contributed by atoms with E-state index in [0.717, 1.165) is 24.8 Å². The van der Waals surface area contributed by atoms with Gasteiger partial charge in [-0.15, -0.1) is 0 Å². The van der Waals surface area contributed by atoms with Gasteiger partial charge in [0.05, 0.1) is 30.7 Å². The molecule has 0 N–H and O–H groups in total. The maximum absolute atomic E-state index is 13.8. The van der Waals surface area contributed by atoms with E-state index in [2.05, 4.69) is 6.92 Å². The number of hydrogen-bond acceptors (Lipinski definition) is 5. The smallest absolute Gasteiger partial charge is 0.232 e. The molecule has 0 aliphatic heterocycles. The maximum atomic E-state index is 13.8. The summed E-state index contributed by atoms with van der Waals surface area (Å²) in [4.78, 5) is 13.8. The zero-order chi connectivity index (χ0) is 26.4.